The van der Waals surface area contributed by atoms with Gasteiger partial charge in [0.1, 0.15) is 11.2 Å². The minimum Gasteiger partial charge on any atom is -0.426 e. The van der Waals surface area contributed by atoms with Crippen LogP contribution in [0.4, 0.5) is 0 Å². The first kappa shape index (κ1) is 10.9. The van der Waals surface area contributed by atoms with Gasteiger partial charge in [-0.15, -0.1) is 6.58 Å². The molecule has 16 heavy (non-hydrogen) atoms. The molecule has 1 aromatic carbocycles. The molecule has 0 radical (unpaired) electrons. The van der Waals surface area contributed by atoms with Gasteiger partial charge in [-0.3, -0.25) is 4.79 Å². The molecule has 0 bridgehead atoms. The lowest BCUT2D eigenvalue weighted by atomic mass is 9.70. The average Bonchev–Trinajstić information content (AvgIpc) is 2.53. The Morgan fingerprint density at radius 1 is 1.44 bits per heavy atom. The van der Waals surface area contributed by atoms with Gasteiger partial charge < -0.3 is 4.74 Å². The molecular formula is C14H16O2. The Morgan fingerprint density at radius 3 is 2.75 bits per heavy atom. The Balaban J connectivity index is 2.61. The molecule has 0 fully saturated rings. The zero-order valence-electron chi connectivity index (χ0n) is 9.69. The predicted octanol–water partition coefficient (Wildman–Crippen LogP) is 3.08. The monoisotopic (exact) mass is 216 g/mol. The van der Waals surface area contributed by atoms with Crippen molar-refractivity contribution >= 4 is 5.97 Å². The number of allylic oxidation sites excluding steroid dienone is 1. The van der Waals surface area contributed by atoms with Gasteiger partial charge in [-0.05, 0) is 18.4 Å². The van der Waals surface area contributed by atoms with E-state index in [4.69, 9.17) is 4.74 Å². The zero-order valence-corrected chi connectivity index (χ0v) is 9.69. The molecule has 2 nitrogen and oxygen atoms in total. The summed E-state index contributed by atoms with van der Waals surface area (Å²) in [6.07, 6.45) is 2.42. The van der Waals surface area contributed by atoms with Crippen molar-refractivity contribution in [3.63, 3.8) is 0 Å². The molecule has 0 amide bonds. The highest BCUT2D eigenvalue weighted by Crippen LogP contribution is 2.46. The van der Waals surface area contributed by atoms with Crippen LogP contribution in [-0.4, -0.2) is 5.97 Å². The highest BCUT2D eigenvalue weighted by Gasteiger charge is 2.50. The van der Waals surface area contributed by atoms with Gasteiger partial charge in [0.05, 0.1) is 0 Å². The molecule has 1 unspecified atom stereocenters. The molecule has 84 valence electrons. The van der Waals surface area contributed by atoms with E-state index in [0.29, 0.717) is 12.2 Å². The van der Waals surface area contributed by atoms with Gasteiger partial charge in [0.25, 0.3) is 0 Å². The van der Waals surface area contributed by atoms with Crippen LogP contribution in [-0.2, 0) is 10.2 Å². The van der Waals surface area contributed by atoms with E-state index in [2.05, 4.69) is 6.58 Å². The van der Waals surface area contributed by atoms with E-state index in [0.717, 1.165) is 5.56 Å². The summed E-state index contributed by atoms with van der Waals surface area (Å²) in [6.45, 7) is 7.85. The fourth-order valence-corrected chi connectivity index (χ4v) is 2.43. The first-order valence-electron chi connectivity index (χ1n) is 5.55. The van der Waals surface area contributed by atoms with Gasteiger partial charge in [0, 0.05) is 5.56 Å². The van der Waals surface area contributed by atoms with Crippen molar-refractivity contribution in [1.82, 2.24) is 0 Å². The first-order valence-corrected chi connectivity index (χ1v) is 5.55. The van der Waals surface area contributed by atoms with Gasteiger partial charge in [0.2, 0.25) is 0 Å². The van der Waals surface area contributed by atoms with E-state index in [-0.39, 0.29) is 11.9 Å². The number of esters is 1. The molecule has 0 N–H and O–H groups in total. The molecule has 0 aromatic heterocycles. The van der Waals surface area contributed by atoms with E-state index >= 15 is 0 Å². The van der Waals surface area contributed by atoms with E-state index in [1.807, 2.05) is 38.1 Å². The van der Waals surface area contributed by atoms with Crippen molar-refractivity contribution in [2.24, 2.45) is 5.92 Å². The lowest BCUT2D eigenvalue weighted by Crippen LogP contribution is -2.38. The SMILES string of the molecule is C=CCC1(C(C)C)C(=O)Oc2ccccc21. The Bertz CT molecular complexity index is 434. The second-order valence-electron chi connectivity index (χ2n) is 4.50. The molecular weight excluding hydrogens is 200 g/mol. The number of ether oxygens (including phenoxy) is 1. The second-order valence-corrected chi connectivity index (χ2v) is 4.50. The lowest BCUT2D eigenvalue weighted by molar-refractivity contribution is -0.139. The van der Waals surface area contributed by atoms with E-state index in [1.54, 1.807) is 6.08 Å². The summed E-state index contributed by atoms with van der Waals surface area (Å²) in [6, 6.07) is 7.65. The van der Waals surface area contributed by atoms with E-state index in [1.165, 1.54) is 0 Å². The van der Waals surface area contributed by atoms with Gasteiger partial charge in [-0.2, -0.15) is 0 Å². The van der Waals surface area contributed by atoms with Gasteiger partial charge >= 0.3 is 5.97 Å². The van der Waals surface area contributed by atoms with Crippen LogP contribution in [0.2, 0.25) is 0 Å². The Kier molecular flexibility index (Phi) is 2.58. The Hall–Kier alpha value is -1.57. The Morgan fingerprint density at radius 2 is 2.12 bits per heavy atom. The van der Waals surface area contributed by atoms with Crippen LogP contribution in [0.25, 0.3) is 0 Å². The minimum atomic E-state index is -0.543. The van der Waals surface area contributed by atoms with E-state index in [9.17, 15) is 4.79 Å². The number of carbonyl (C=O) groups is 1. The smallest absolute Gasteiger partial charge is 0.322 e. The normalized spacial score (nSPS) is 23.1. The predicted molar refractivity (Wildman–Crippen MR) is 63.4 cm³/mol. The molecule has 1 aliphatic heterocycles. The summed E-state index contributed by atoms with van der Waals surface area (Å²) < 4.78 is 5.35. The standard InChI is InChI=1S/C14H16O2/c1-4-9-14(10(2)3)11-7-5-6-8-12(11)16-13(14)15/h4-8,10H,1,9H2,2-3H3. The minimum absolute atomic E-state index is 0.149. The van der Waals surface area contributed by atoms with Gasteiger partial charge in [0.15, 0.2) is 0 Å². The van der Waals surface area contributed by atoms with Crippen LogP contribution in [0, 0.1) is 5.92 Å². The van der Waals surface area contributed by atoms with Crippen molar-refractivity contribution in [1.29, 1.82) is 0 Å². The molecule has 0 saturated heterocycles. The third-order valence-corrected chi connectivity index (χ3v) is 3.39. The van der Waals surface area contributed by atoms with Crippen LogP contribution in [0.15, 0.2) is 36.9 Å². The summed E-state index contributed by atoms with van der Waals surface area (Å²) >= 11 is 0. The summed E-state index contributed by atoms with van der Waals surface area (Å²) in [5.41, 5.74) is 0.452. The molecule has 1 aliphatic rings. The maximum atomic E-state index is 12.1. The number of benzene rings is 1. The van der Waals surface area contributed by atoms with Crippen LogP contribution < -0.4 is 4.74 Å². The zero-order chi connectivity index (χ0) is 11.8. The van der Waals surface area contributed by atoms with Crippen molar-refractivity contribution in [3.8, 4) is 5.75 Å². The van der Waals surface area contributed by atoms with Crippen molar-refractivity contribution < 1.29 is 9.53 Å². The number of para-hydroxylation sites is 1. The van der Waals surface area contributed by atoms with Crippen LogP contribution in [0.3, 0.4) is 0 Å². The molecule has 0 spiro atoms. The Labute approximate surface area is 95.9 Å². The van der Waals surface area contributed by atoms with Crippen molar-refractivity contribution in [2.45, 2.75) is 25.7 Å². The third kappa shape index (κ3) is 1.29. The maximum Gasteiger partial charge on any atom is 0.322 e. The number of hydrogen-bond acceptors (Lipinski definition) is 2. The molecule has 1 heterocycles. The van der Waals surface area contributed by atoms with Crippen LogP contribution in [0.1, 0.15) is 25.8 Å². The maximum absolute atomic E-state index is 12.1. The quantitative estimate of drug-likeness (QED) is 0.441. The molecule has 2 heteroatoms. The van der Waals surface area contributed by atoms with E-state index < -0.39 is 5.41 Å². The summed E-state index contributed by atoms with van der Waals surface area (Å²) in [4.78, 5) is 12.1. The summed E-state index contributed by atoms with van der Waals surface area (Å²) in [5, 5.41) is 0. The summed E-state index contributed by atoms with van der Waals surface area (Å²) in [5.74, 6) is 0.744. The van der Waals surface area contributed by atoms with Crippen molar-refractivity contribution in [2.75, 3.05) is 0 Å². The fourth-order valence-electron chi connectivity index (χ4n) is 2.43. The highest BCUT2D eigenvalue weighted by atomic mass is 16.5. The first-order chi connectivity index (χ1) is 7.63. The number of rotatable bonds is 3. The largest absolute Gasteiger partial charge is 0.426 e. The molecule has 2 rings (SSSR count). The second kappa shape index (κ2) is 3.78. The molecule has 0 aliphatic carbocycles. The van der Waals surface area contributed by atoms with Crippen molar-refractivity contribution in [3.05, 3.63) is 42.5 Å². The number of hydrogen-bond donors (Lipinski definition) is 0. The number of fused-ring (bicyclic) bond motifs is 1. The van der Waals surface area contributed by atoms with Crippen LogP contribution >= 0.6 is 0 Å². The third-order valence-electron chi connectivity index (χ3n) is 3.39. The van der Waals surface area contributed by atoms with Gasteiger partial charge in [-0.1, -0.05) is 38.1 Å². The topological polar surface area (TPSA) is 26.3 Å². The van der Waals surface area contributed by atoms with Gasteiger partial charge in [-0.25, -0.2) is 0 Å². The molecule has 1 aromatic rings. The molecule has 1 atom stereocenters. The average molecular weight is 216 g/mol. The highest BCUT2D eigenvalue weighted by molar-refractivity contribution is 5.91. The molecule has 0 saturated carbocycles. The fraction of sp³-hybridized carbons (Fsp3) is 0.357. The van der Waals surface area contributed by atoms with Crippen LogP contribution in [0.5, 0.6) is 5.75 Å². The number of carbonyl (C=O) groups excluding carboxylic acids is 1. The lowest BCUT2D eigenvalue weighted by Gasteiger charge is -2.28. The summed E-state index contributed by atoms with van der Waals surface area (Å²) in [7, 11) is 0.